The highest BCUT2D eigenvalue weighted by molar-refractivity contribution is 5.72. The largest absolute Gasteiger partial charge is 0.497 e. The van der Waals surface area contributed by atoms with E-state index in [-0.39, 0.29) is 6.61 Å². The van der Waals surface area contributed by atoms with Crippen LogP contribution in [0.1, 0.15) is 6.42 Å². The fourth-order valence-electron chi connectivity index (χ4n) is 3.54. The molecule has 0 aliphatic carbocycles. The lowest BCUT2D eigenvalue weighted by Gasteiger charge is -2.23. The molecule has 1 aromatic heterocycles. The highest BCUT2D eigenvalue weighted by Gasteiger charge is 2.17. The molecular formula is C22H31N3O4. The lowest BCUT2D eigenvalue weighted by molar-refractivity contribution is 0.0695. The van der Waals surface area contributed by atoms with Crippen molar-refractivity contribution in [2.24, 2.45) is 0 Å². The molecule has 0 spiro atoms. The Hall–Kier alpha value is -2.35. The summed E-state index contributed by atoms with van der Waals surface area (Å²) in [5.41, 5.74) is 1.81. The van der Waals surface area contributed by atoms with Crippen LogP contribution >= 0.6 is 0 Å². The summed E-state index contributed by atoms with van der Waals surface area (Å²) in [6.45, 7) is 4.95. The molecule has 1 aromatic carbocycles. The van der Waals surface area contributed by atoms with E-state index in [0.717, 1.165) is 43.7 Å². The maximum absolute atomic E-state index is 10.5. The van der Waals surface area contributed by atoms with Gasteiger partial charge in [0.15, 0.2) is 0 Å². The maximum atomic E-state index is 10.5. The topological polar surface area (TPSA) is 67.3 Å². The van der Waals surface area contributed by atoms with E-state index < -0.39 is 6.10 Å². The van der Waals surface area contributed by atoms with Crippen LogP contribution in [0.15, 0.2) is 36.7 Å². The summed E-state index contributed by atoms with van der Waals surface area (Å²) < 4.78 is 16.8. The summed E-state index contributed by atoms with van der Waals surface area (Å²) in [6, 6.07) is 7.57. The number of nitrogens with zero attached hydrogens (tertiary/aromatic N) is 3. The number of β-amino-alcohol motifs (C(OH)–C–C–N with tert-alkyl or cyclic N) is 1. The third-order valence-corrected chi connectivity index (χ3v) is 5.15. The van der Waals surface area contributed by atoms with E-state index in [1.54, 1.807) is 26.6 Å². The summed E-state index contributed by atoms with van der Waals surface area (Å²) >= 11 is 0. The van der Waals surface area contributed by atoms with Crippen LogP contribution in [-0.2, 0) is 0 Å². The zero-order chi connectivity index (χ0) is 20.6. The number of methoxy groups -OCH3 is 2. The number of hydrogen-bond acceptors (Lipinski definition) is 7. The fraction of sp³-hybridized carbons (Fsp3) is 0.500. The minimum atomic E-state index is -0.552. The molecular weight excluding hydrogens is 370 g/mol. The van der Waals surface area contributed by atoms with Gasteiger partial charge in [-0.2, -0.15) is 0 Å². The molecule has 0 radical (unpaired) electrons. The standard InChI is InChI=1S/C22H31N3O4/c1-24-7-4-8-25(10-9-24)15-18(26)16-29-20-12-17(11-19(13-20)27-2)21-5-6-23-14-22(21)28-3/h5-6,11-14,18,26H,4,7-10,15-16H2,1-3H3. The van der Waals surface area contributed by atoms with Gasteiger partial charge < -0.3 is 24.2 Å². The van der Waals surface area contributed by atoms with Crippen molar-refractivity contribution in [3.63, 3.8) is 0 Å². The van der Waals surface area contributed by atoms with Crippen molar-refractivity contribution in [2.75, 3.05) is 60.6 Å². The van der Waals surface area contributed by atoms with Crippen LogP contribution < -0.4 is 14.2 Å². The molecule has 3 rings (SSSR count). The summed E-state index contributed by atoms with van der Waals surface area (Å²) in [5, 5.41) is 10.5. The van der Waals surface area contributed by atoms with Crippen molar-refractivity contribution in [1.82, 2.24) is 14.8 Å². The van der Waals surface area contributed by atoms with Crippen LogP contribution in [-0.4, -0.2) is 86.6 Å². The van der Waals surface area contributed by atoms with E-state index in [2.05, 4.69) is 21.8 Å². The van der Waals surface area contributed by atoms with Gasteiger partial charge in [0.2, 0.25) is 0 Å². The van der Waals surface area contributed by atoms with E-state index >= 15 is 0 Å². The number of aliphatic hydroxyl groups excluding tert-OH is 1. The first-order valence-electron chi connectivity index (χ1n) is 9.98. The van der Waals surface area contributed by atoms with E-state index in [1.165, 1.54) is 0 Å². The van der Waals surface area contributed by atoms with Gasteiger partial charge in [-0.1, -0.05) is 0 Å². The quantitative estimate of drug-likeness (QED) is 0.727. The Labute approximate surface area is 172 Å². The lowest BCUT2D eigenvalue weighted by atomic mass is 10.1. The molecule has 1 aliphatic rings. The van der Waals surface area contributed by atoms with Crippen molar-refractivity contribution < 1.29 is 19.3 Å². The number of hydrogen-bond donors (Lipinski definition) is 1. The van der Waals surface area contributed by atoms with Crippen molar-refractivity contribution >= 4 is 0 Å². The number of benzene rings is 1. The Balaban J connectivity index is 1.66. The normalized spacial score (nSPS) is 16.8. The minimum absolute atomic E-state index is 0.229. The molecule has 1 fully saturated rings. The van der Waals surface area contributed by atoms with Crippen LogP contribution in [0.25, 0.3) is 11.1 Å². The molecule has 29 heavy (non-hydrogen) atoms. The Kier molecular flexibility index (Phi) is 7.69. The number of rotatable bonds is 8. The summed E-state index contributed by atoms with van der Waals surface area (Å²) in [6.07, 6.45) is 3.97. The Morgan fingerprint density at radius 2 is 1.90 bits per heavy atom. The van der Waals surface area contributed by atoms with Gasteiger partial charge in [0.25, 0.3) is 0 Å². The molecule has 7 nitrogen and oxygen atoms in total. The zero-order valence-corrected chi connectivity index (χ0v) is 17.5. The van der Waals surface area contributed by atoms with Gasteiger partial charge in [-0.05, 0) is 50.3 Å². The SMILES string of the molecule is COc1cc(OCC(O)CN2CCCN(C)CC2)cc(-c2ccncc2OC)c1. The van der Waals surface area contributed by atoms with Crippen LogP contribution in [0.5, 0.6) is 17.2 Å². The molecule has 0 saturated carbocycles. The summed E-state index contributed by atoms with van der Waals surface area (Å²) in [7, 11) is 5.38. The number of aliphatic hydroxyl groups is 1. The minimum Gasteiger partial charge on any atom is -0.497 e. The Bertz CT molecular complexity index is 786. The second-order valence-corrected chi connectivity index (χ2v) is 7.40. The van der Waals surface area contributed by atoms with Crippen molar-refractivity contribution in [1.29, 1.82) is 0 Å². The fourth-order valence-corrected chi connectivity index (χ4v) is 3.54. The van der Waals surface area contributed by atoms with Gasteiger partial charge in [-0.3, -0.25) is 9.88 Å². The van der Waals surface area contributed by atoms with Gasteiger partial charge >= 0.3 is 0 Å². The Morgan fingerprint density at radius 1 is 1.07 bits per heavy atom. The van der Waals surface area contributed by atoms with Crippen LogP contribution in [0, 0.1) is 0 Å². The molecule has 2 heterocycles. The molecule has 1 unspecified atom stereocenters. The lowest BCUT2D eigenvalue weighted by Crippen LogP contribution is -2.37. The second kappa shape index (κ2) is 10.4. The molecule has 1 aliphatic heterocycles. The average molecular weight is 402 g/mol. The molecule has 0 amide bonds. The molecule has 7 heteroatoms. The van der Waals surface area contributed by atoms with Crippen LogP contribution in [0.2, 0.25) is 0 Å². The highest BCUT2D eigenvalue weighted by Crippen LogP contribution is 2.34. The molecule has 0 bridgehead atoms. The average Bonchev–Trinajstić information content (AvgIpc) is 2.95. The van der Waals surface area contributed by atoms with Crippen molar-refractivity contribution in [3.8, 4) is 28.4 Å². The smallest absolute Gasteiger partial charge is 0.144 e. The van der Waals surface area contributed by atoms with E-state index in [0.29, 0.717) is 23.8 Å². The summed E-state index contributed by atoms with van der Waals surface area (Å²) in [4.78, 5) is 8.73. The van der Waals surface area contributed by atoms with E-state index in [9.17, 15) is 5.11 Å². The number of aromatic nitrogens is 1. The van der Waals surface area contributed by atoms with E-state index in [1.807, 2.05) is 24.3 Å². The van der Waals surface area contributed by atoms with E-state index in [4.69, 9.17) is 14.2 Å². The zero-order valence-electron chi connectivity index (χ0n) is 17.5. The molecule has 1 N–H and O–H groups in total. The van der Waals surface area contributed by atoms with Gasteiger partial charge in [0.05, 0.1) is 20.4 Å². The molecule has 1 atom stereocenters. The van der Waals surface area contributed by atoms with Crippen LogP contribution in [0.3, 0.4) is 0 Å². The molecule has 158 valence electrons. The van der Waals surface area contributed by atoms with Crippen molar-refractivity contribution in [2.45, 2.75) is 12.5 Å². The predicted octanol–water partition coefficient (Wildman–Crippen LogP) is 2.14. The predicted molar refractivity (Wildman–Crippen MR) is 113 cm³/mol. The van der Waals surface area contributed by atoms with Crippen LogP contribution in [0.4, 0.5) is 0 Å². The first-order valence-corrected chi connectivity index (χ1v) is 9.98. The highest BCUT2D eigenvalue weighted by atomic mass is 16.5. The first kappa shape index (κ1) is 21.4. The van der Waals surface area contributed by atoms with Gasteiger partial charge in [0, 0.05) is 37.5 Å². The van der Waals surface area contributed by atoms with Gasteiger partial charge in [-0.15, -0.1) is 0 Å². The van der Waals surface area contributed by atoms with Gasteiger partial charge in [-0.25, -0.2) is 0 Å². The van der Waals surface area contributed by atoms with Crippen molar-refractivity contribution in [3.05, 3.63) is 36.7 Å². The monoisotopic (exact) mass is 401 g/mol. The summed E-state index contributed by atoms with van der Waals surface area (Å²) in [5.74, 6) is 2.01. The number of ether oxygens (including phenoxy) is 3. The molecule has 2 aromatic rings. The number of pyridine rings is 1. The Morgan fingerprint density at radius 3 is 2.69 bits per heavy atom. The molecule has 1 saturated heterocycles. The van der Waals surface area contributed by atoms with Gasteiger partial charge in [0.1, 0.15) is 30.0 Å². The third-order valence-electron chi connectivity index (χ3n) is 5.15. The maximum Gasteiger partial charge on any atom is 0.144 e. The first-order chi connectivity index (χ1) is 14.1. The third kappa shape index (κ3) is 6.06. The second-order valence-electron chi connectivity index (χ2n) is 7.40. The number of likely N-dealkylation sites (N-methyl/N-ethyl adjacent to an activating group) is 1.